The SMILES string of the molecule is CCN(CC)S(=O)(=O)N1CCNCC1C(N)=O. The number of carbonyl (C=O) groups is 1. The molecule has 0 radical (unpaired) electrons. The number of rotatable bonds is 5. The Kier molecular flexibility index (Phi) is 4.87. The van der Waals surface area contributed by atoms with E-state index in [1.165, 1.54) is 8.61 Å². The van der Waals surface area contributed by atoms with Crippen LogP contribution in [-0.4, -0.2) is 61.7 Å². The zero-order valence-corrected chi connectivity index (χ0v) is 11.0. The van der Waals surface area contributed by atoms with Gasteiger partial charge in [0.2, 0.25) is 5.91 Å². The highest BCUT2D eigenvalue weighted by atomic mass is 32.2. The molecule has 17 heavy (non-hydrogen) atoms. The highest BCUT2D eigenvalue weighted by molar-refractivity contribution is 7.86. The monoisotopic (exact) mass is 264 g/mol. The summed E-state index contributed by atoms with van der Waals surface area (Å²) in [5.74, 6) is -0.618. The Hall–Kier alpha value is -0.700. The van der Waals surface area contributed by atoms with E-state index in [4.69, 9.17) is 5.73 Å². The average molecular weight is 264 g/mol. The van der Waals surface area contributed by atoms with Gasteiger partial charge in [-0.05, 0) is 0 Å². The van der Waals surface area contributed by atoms with Crippen LogP contribution in [0, 0.1) is 0 Å². The maximum Gasteiger partial charge on any atom is 0.282 e. The molecule has 1 fully saturated rings. The fourth-order valence-corrected chi connectivity index (χ4v) is 3.67. The second kappa shape index (κ2) is 5.76. The third kappa shape index (κ3) is 2.95. The summed E-state index contributed by atoms with van der Waals surface area (Å²) >= 11 is 0. The lowest BCUT2D eigenvalue weighted by molar-refractivity contribution is -0.122. The molecule has 1 aliphatic rings. The first-order chi connectivity index (χ1) is 7.95. The van der Waals surface area contributed by atoms with Crippen molar-refractivity contribution in [3.63, 3.8) is 0 Å². The molecule has 1 rings (SSSR count). The van der Waals surface area contributed by atoms with Crippen LogP contribution in [0.5, 0.6) is 0 Å². The topological polar surface area (TPSA) is 95.7 Å². The lowest BCUT2D eigenvalue weighted by Gasteiger charge is -2.36. The van der Waals surface area contributed by atoms with Gasteiger partial charge in [0.25, 0.3) is 10.2 Å². The van der Waals surface area contributed by atoms with Crippen molar-refractivity contribution >= 4 is 16.1 Å². The summed E-state index contributed by atoms with van der Waals surface area (Å²) in [5, 5.41) is 2.97. The van der Waals surface area contributed by atoms with Crippen molar-refractivity contribution in [2.24, 2.45) is 5.73 Å². The first-order valence-corrected chi connectivity index (χ1v) is 7.11. The first kappa shape index (κ1) is 14.4. The summed E-state index contributed by atoms with van der Waals surface area (Å²) in [6.45, 7) is 5.38. The molecular weight excluding hydrogens is 244 g/mol. The van der Waals surface area contributed by atoms with E-state index in [1.54, 1.807) is 13.8 Å². The van der Waals surface area contributed by atoms with Crippen molar-refractivity contribution in [1.82, 2.24) is 13.9 Å². The van der Waals surface area contributed by atoms with E-state index in [0.29, 0.717) is 19.6 Å². The first-order valence-electron chi connectivity index (χ1n) is 5.72. The lowest BCUT2D eigenvalue weighted by Crippen LogP contribution is -2.61. The fraction of sp³-hybridized carbons (Fsp3) is 0.889. The maximum atomic E-state index is 12.3. The molecule has 1 amide bonds. The second-order valence-corrected chi connectivity index (χ2v) is 5.71. The Morgan fingerprint density at radius 1 is 1.47 bits per heavy atom. The normalized spacial score (nSPS) is 22.9. The van der Waals surface area contributed by atoms with Crippen molar-refractivity contribution < 1.29 is 13.2 Å². The minimum absolute atomic E-state index is 0.270. The summed E-state index contributed by atoms with van der Waals surface area (Å²) in [7, 11) is -3.59. The molecular formula is C9H20N4O3S. The molecule has 1 heterocycles. The Balaban J connectivity index is 2.98. The predicted molar refractivity (Wildman–Crippen MR) is 64.4 cm³/mol. The van der Waals surface area contributed by atoms with E-state index < -0.39 is 22.2 Å². The van der Waals surface area contributed by atoms with Crippen LogP contribution in [0.3, 0.4) is 0 Å². The minimum atomic E-state index is -3.59. The van der Waals surface area contributed by atoms with Gasteiger partial charge in [-0.3, -0.25) is 4.79 Å². The third-order valence-electron chi connectivity index (χ3n) is 2.85. The number of hydrogen-bond acceptors (Lipinski definition) is 4. The largest absolute Gasteiger partial charge is 0.368 e. The van der Waals surface area contributed by atoms with E-state index in [9.17, 15) is 13.2 Å². The summed E-state index contributed by atoms with van der Waals surface area (Å²) in [4.78, 5) is 11.3. The molecule has 0 bridgehead atoms. The number of primary amides is 1. The van der Waals surface area contributed by atoms with E-state index in [2.05, 4.69) is 5.32 Å². The fourth-order valence-electron chi connectivity index (χ4n) is 1.90. The molecule has 0 aromatic carbocycles. The van der Waals surface area contributed by atoms with Crippen molar-refractivity contribution in [3.05, 3.63) is 0 Å². The van der Waals surface area contributed by atoms with Crippen LogP contribution in [0.2, 0.25) is 0 Å². The number of nitrogens with one attached hydrogen (secondary N) is 1. The standard InChI is InChI=1S/C9H20N4O3S/c1-3-12(4-2)17(15,16)13-6-5-11-7-8(13)9(10)14/h8,11H,3-7H2,1-2H3,(H2,10,14). The highest BCUT2D eigenvalue weighted by Gasteiger charge is 2.38. The van der Waals surface area contributed by atoms with Gasteiger partial charge in [0.1, 0.15) is 6.04 Å². The number of hydrogen-bond donors (Lipinski definition) is 2. The van der Waals surface area contributed by atoms with Gasteiger partial charge in [0.15, 0.2) is 0 Å². The van der Waals surface area contributed by atoms with E-state index in [1.807, 2.05) is 0 Å². The maximum absolute atomic E-state index is 12.3. The van der Waals surface area contributed by atoms with Crippen LogP contribution in [0.25, 0.3) is 0 Å². The number of carbonyl (C=O) groups excluding carboxylic acids is 1. The Morgan fingerprint density at radius 2 is 2.06 bits per heavy atom. The Morgan fingerprint density at radius 3 is 2.53 bits per heavy atom. The van der Waals surface area contributed by atoms with Crippen LogP contribution < -0.4 is 11.1 Å². The van der Waals surface area contributed by atoms with Gasteiger partial charge in [-0.15, -0.1) is 0 Å². The smallest absolute Gasteiger partial charge is 0.282 e. The van der Waals surface area contributed by atoms with Crippen molar-refractivity contribution in [1.29, 1.82) is 0 Å². The molecule has 0 spiro atoms. The van der Waals surface area contributed by atoms with E-state index >= 15 is 0 Å². The van der Waals surface area contributed by atoms with Crippen LogP contribution in [0.4, 0.5) is 0 Å². The summed E-state index contributed by atoms with van der Waals surface area (Å²) in [6.07, 6.45) is 0. The number of nitrogens with two attached hydrogens (primary N) is 1. The van der Waals surface area contributed by atoms with Crippen LogP contribution >= 0.6 is 0 Å². The van der Waals surface area contributed by atoms with Crippen molar-refractivity contribution in [2.75, 3.05) is 32.7 Å². The van der Waals surface area contributed by atoms with Gasteiger partial charge < -0.3 is 11.1 Å². The average Bonchev–Trinajstić information content (AvgIpc) is 2.30. The molecule has 0 aromatic heterocycles. The van der Waals surface area contributed by atoms with Gasteiger partial charge in [-0.2, -0.15) is 17.0 Å². The van der Waals surface area contributed by atoms with Gasteiger partial charge in [-0.25, -0.2) is 0 Å². The van der Waals surface area contributed by atoms with Crippen LogP contribution in [-0.2, 0) is 15.0 Å². The van der Waals surface area contributed by atoms with Crippen LogP contribution in [0.15, 0.2) is 0 Å². The lowest BCUT2D eigenvalue weighted by atomic mass is 10.2. The quantitative estimate of drug-likeness (QED) is 0.621. The van der Waals surface area contributed by atoms with Crippen molar-refractivity contribution in [2.45, 2.75) is 19.9 Å². The third-order valence-corrected chi connectivity index (χ3v) is 5.05. The highest BCUT2D eigenvalue weighted by Crippen LogP contribution is 2.14. The number of nitrogens with zero attached hydrogens (tertiary/aromatic N) is 2. The van der Waals surface area contributed by atoms with Crippen molar-refractivity contribution in [3.8, 4) is 0 Å². The Labute approximate surface area is 102 Å². The summed E-state index contributed by atoms with van der Waals surface area (Å²) in [6, 6.07) is -0.797. The summed E-state index contributed by atoms with van der Waals surface area (Å²) in [5.41, 5.74) is 5.23. The van der Waals surface area contributed by atoms with Crippen LogP contribution in [0.1, 0.15) is 13.8 Å². The van der Waals surface area contributed by atoms with Gasteiger partial charge in [0, 0.05) is 32.7 Å². The molecule has 7 nitrogen and oxygen atoms in total. The molecule has 1 aliphatic heterocycles. The molecule has 3 N–H and O–H groups in total. The number of piperazine rings is 1. The Bertz CT molecular complexity index is 366. The summed E-state index contributed by atoms with van der Waals surface area (Å²) < 4.78 is 27.1. The number of amides is 1. The zero-order valence-electron chi connectivity index (χ0n) is 10.2. The molecule has 100 valence electrons. The van der Waals surface area contributed by atoms with Gasteiger partial charge >= 0.3 is 0 Å². The second-order valence-electron chi connectivity index (χ2n) is 3.83. The molecule has 0 aromatic rings. The zero-order chi connectivity index (χ0) is 13.1. The molecule has 0 aliphatic carbocycles. The molecule has 8 heteroatoms. The predicted octanol–water partition coefficient (Wildman–Crippen LogP) is -1.67. The molecule has 1 atom stereocenters. The molecule has 1 saturated heterocycles. The molecule has 1 unspecified atom stereocenters. The minimum Gasteiger partial charge on any atom is -0.368 e. The van der Waals surface area contributed by atoms with Gasteiger partial charge in [0.05, 0.1) is 0 Å². The molecule has 0 saturated carbocycles. The van der Waals surface area contributed by atoms with E-state index in [0.717, 1.165) is 0 Å². The van der Waals surface area contributed by atoms with Gasteiger partial charge in [-0.1, -0.05) is 13.8 Å². The van der Waals surface area contributed by atoms with E-state index in [-0.39, 0.29) is 13.1 Å².